The predicted molar refractivity (Wildman–Crippen MR) is 111 cm³/mol. The number of anilines is 1. The number of amides is 1. The lowest BCUT2D eigenvalue weighted by Gasteiger charge is -2.36. The first-order valence-electron chi connectivity index (χ1n) is 9.71. The van der Waals surface area contributed by atoms with E-state index < -0.39 is 0 Å². The number of rotatable bonds is 8. The van der Waals surface area contributed by atoms with Gasteiger partial charge in [0.15, 0.2) is 6.61 Å². The number of carbonyl (C=O) groups is 1. The van der Waals surface area contributed by atoms with Crippen LogP contribution in [0.3, 0.4) is 0 Å². The Morgan fingerprint density at radius 3 is 2.46 bits per heavy atom. The molecule has 28 heavy (non-hydrogen) atoms. The van der Waals surface area contributed by atoms with Gasteiger partial charge in [-0.1, -0.05) is 12.1 Å². The third kappa shape index (κ3) is 5.89. The van der Waals surface area contributed by atoms with Crippen LogP contribution in [0, 0.1) is 6.92 Å². The number of carbonyl (C=O) groups excluding carboxylic acids is 1. The van der Waals surface area contributed by atoms with E-state index in [0.717, 1.165) is 49.8 Å². The second-order valence-electron chi connectivity index (χ2n) is 6.98. The lowest BCUT2D eigenvalue weighted by atomic mass is 10.2. The summed E-state index contributed by atoms with van der Waals surface area (Å²) in [7, 11) is 1.68. The van der Waals surface area contributed by atoms with Crippen LogP contribution in [0.4, 0.5) is 5.69 Å². The fourth-order valence-electron chi connectivity index (χ4n) is 3.28. The number of piperazine rings is 1. The molecule has 1 N–H and O–H groups in total. The van der Waals surface area contributed by atoms with Gasteiger partial charge in [0.1, 0.15) is 11.5 Å². The quantitative estimate of drug-likeness (QED) is 0.758. The minimum atomic E-state index is -0.0848. The Morgan fingerprint density at radius 2 is 1.79 bits per heavy atom. The molecule has 1 fully saturated rings. The molecule has 2 aromatic rings. The smallest absolute Gasteiger partial charge is 0.257 e. The number of ether oxygens (including phenoxy) is 2. The molecule has 0 saturated carbocycles. The summed E-state index contributed by atoms with van der Waals surface area (Å²) in [6.07, 6.45) is 0. The highest BCUT2D eigenvalue weighted by molar-refractivity contribution is 5.77. The zero-order valence-electron chi connectivity index (χ0n) is 16.7. The summed E-state index contributed by atoms with van der Waals surface area (Å²) in [6, 6.07) is 15.9. The van der Waals surface area contributed by atoms with Gasteiger partial charge in [0.25, 0.3) is 5.91 Å². The molecule has 0 bridgehead atoms. The Balaban J connectivity index is 1.32. The number of benzene rings is 2. The molecule has 1 aliphatic rings. The van der Waals surface area contributed by atoms with E-state index in [2.05, 4.69) is 27.2 Å². The molecular weight excluding hydrogens is 354 g/mol. The predicted octanol–water partition coefficient (Wildman–Crippen LogP) is 2.32. The average molecular weight is 383 g/mol. The van der Waals surface area contributed by atoms with Gasteiger partial charge >= 0.3 is 0 Å². The Bertz CT molecular complexity index is 756. The van der Waals surface area contributed by atoms with Gasteiger partial charge in [-0.3, -0.25) is 9.69 Å². The maximum Gasteiger partial charge on any atom is 0.257 e. The Kier molecular flexibility index (Phi) is 7.14. The van der Waals surface area contributed by atoms with Crippen LogP contribution in [0.5, 0.6) is 11.5 Å². The first-order valence-corrected chi connectivity index (χ1v) is 9.71. The van der Waals surface area contributed by atoms with E-state index in [4.69, 9.17) is 9.47 Å². The molecule has 150 valence electrons. The molecule has 2 aromatic carbocycles. The molecule has 0 unspecified atom stereocenters. The van der Waals surface area contributed by atoms with Crippen molar-refractivity contribution in [1.82, 2.24) is 10.2 Å². The Labute approximate surface area is 167 Å². The first kappa shape index (κ1) is 20.0. The van der Waals surface area contributed by atoms with Gasteiger partial charge in [0, 0.05) is 45.0 Å². The minimum Gasteiger partial charge on any atom is -0.497 e. The Hall–Kier alpha value is -2.73. The highest BCUT2D eigenvalue weighted by Crippen LogP contribution is 2.20. The van der Waals surface area contributed by atoms with Crippen molar-refractivity contribution < 1.29 is 14.3 Å². The number of aryl methyl sites for hydroxylation is 1. The number of hydrogen-bond donors (Lipinski definition) is 1. The molecule has 1 amide bonds. The second-order valence-corrected chi connectivity index (χ2v) is 6.98. The molecule has 1 saturated heterocycles. The van der Waals surface area contributed by atoms with Crippen LogP contribution in [-0.2, 0) is 4.79 Å². The Morgan fingerprint density at radius 1 is 1.04 bits per heavy atom. The maximum absolute atomic E-state index is 12.0. The SMILES string of the molecule is COc1ccc(N2CCN(CCNC(=O)COc3cccc(C)c3)CC2)cc1. The van der Waals surface area contributed by atoms with Crippen molar-refractivity contribution in [1.29, 1.82) is 0 Å². The monoisotopic (exact) mass is 383 g/mol. The third-order valence-electron chi connectivity index (χ3n) is 4.92. The van der Waals surface area contributed by atoms with Gasteiger partial charge in [-0.15, -0.1) is 0 Å². The third-order valence-corrected chi connectivity index (χ3v) is 4.92. The van der Waals surface area contributed by atoms with Crippen molar-refractivity contribution in [2.24, 2.45) is 0 Å². The van der Waals surface area contributed by atoms with Crippen LogP contribution in [0.15, 0.2) is 48.5 Å². The standard InChI is InChI=1S/C22H29N3O3/c1-18-4-3-5-21(16-18)28-17-22(26)23-10-11-24-12-14-25(15-13-24)19-6-8-20(27-2)9-7-19/h3-9,16H,10-15,17H2,1-2H3,(H,23,26). The van der Waals surface area contributed by atoms with Crippen molar-refractivity contribution in [2.75, 3.05) is 57.9 Å². The van der Waals surface area contributed by atoms with Gasteiger partial charge in [-0.05, 0) is 48.9 Å². The molecule has 6 heteroatoms. The van der Waals surface area contributed by atoms with Crippen molar-refractivity contribution >= 4 is 11.6 Å². The zero-order chi connectivity index (χ0) is 19.8. The van der Waals surface area contributed by atoms with Crippen LogP contribution < -0.4 is 19.7 Å². The lowest BCUT2D eigenvalue weighted by molar-refractivity contribution is -0.123. The first-order chi connectivity index (χ1) is 13.6. The van der Waals surface area contributed by atoms with Crippen molar-refractivity contribution in [2.45, 2.75) is 6.92 Å². The summed E-state index contributed by atoms with van der Waals surface area (Å²) >= 11 is 0. The van der Waals surface area contributed by atoms with Crippen molar-refractivity contribution in [3.05, 3.63) is 54.1 Å². The zero-order valence-corrected chi connectivity index (χ0v) is 16.7. The summed E-state index contributed by atoms with van der Waals surface area (Å²) in [4.78, 5) is 16.7. The fraction of sp³-hybridized carbons (Fsp3) is 0.409. The van der Waals surface area contributed by atoms with Gasteiger partial charge in [-0.2, -0.15) is 0 Å². The van der Waals surface area contributed by atoms with E-state index in [1.165, 1.54) is 5.69 Å². The molecule has 0 atom stereocenters. The van der Waals surface area contributed by atoms with Crippen LogP contribution >= 0.6 is 0 Å². The van der Waals surface area contributed by atoms with Gasteiger partial charge in [-0.25, -0.2) is 0 Å². The highest BCUT2D eigenvalue weighted by Gasteiger charge is 2.17. The van der Waals surface area contributed by atoms with E-state index >= 15 is 0 Å². The summed E-state index contributed by atoms with van der Waals surface area (Å²) in [5.41, 5.74) is 2.34. The molecular formula is C22H29N3O3. The largest absolute Gasteiger partial charge is 0.497 e. The fourth-order valence-corrected chi connectivity index (χ4v) is 3.28. The molecule has 0 aromatic heterocycles. The van der Waals surface area contributed by atoms with E-state index in [9.17, 15) is 4.79 Å². The van der Waals surface area contributed by atoms with Crippen LogP contribution in [-0.4, -0.2) is 63.8 Å². The molecule has 0 spiro atoms. The van der Waals surface area contributed by atoms with Crippen LogP contribution in [0.1, 0.15) is 5.56 Å². The van der Waals surface area contributed by atoms with E-state index in [-0.39, 0.29) is 12.5 Å². The number of nitrogens with zero attached hydrogens (tertiary/aromatic N) is 2. The van der Waals surface area contributed by atoms with Crippen LogP contribution in [0.25, 0.3) is 0 Å². The number of methoxy groups -OCH3 is 1. The average Bonchev–Trinajstić information content (AvgIpc) is 2.73. The van der Waals surface area contributed by atoms with Crippen molar-refractivity contribution in [3.63, 3.8) is 0 Å². The summed E-state index contributed by atoms with van der Waals surface area (Å²) in [6.45, 7) is 7.48. The number of hydrogen-bond acceptors (Lipinski definition) is 5. The molecule has 3 rings (SSSR count). The van der Waals surface area contributed by atoms with Gasteiger partial charge in [0.2, 0.25) is 0 Å². The van der Waals surface area contributed by atoms with Crippen LogP contribution in [0.2, 0.25) is 0 Å². The highest BCUT2D eigenvalue weighted by atomic mass is 16.5. The molecule has 1 aliphatic heterocycles. The van der Waals surface area contributed by atoms with Crippen molar-refractivity contribution in [3.8, 4) is 11.5 Å². The maximum atomic E-state index is 12.0. The van der Waals surface area contributed by atoms with E-state index in [0.29, 0.717) is 6.54 Å². The molecule has 6 nitrogen and oxygen atoms in total. The van der Waals surface area contributed by atoms with E-state index in [1.54, 1.807) is 7.11 Å². The lowest BCUT2D eigenvalue weighted by Crippen LogP contribution is -2.48. The normalized spacial score (nSPS) is 14.6. The van der Waals surface area contributed by atoms with Gasteiger partial charge in [0.05, 0.1) is 7.11 Å². The summed E-state index contributed by atoms with van der Waals surface area (Å²) in [5.74, 6) is 1.52. The number of nitrogens with one attached hydrogen (secondary N) is 1. The minimum absolute atomic E-state index is 0.0503. The second kappa shape index (κ2) is 9.99. The molecule has 1 heterocycles. The molecule has 0 radical (unpaired) electrons. The topological polar surface area (TPSA) is 54.0 Å². The molecule has 0 aliphatic carbocycles. The summed E-state index contributed by atoms with van der Waals surface area (Å²) in [5, 5.41) is 2.94. The van der Waals surface area contributed by atoms with E-state index in [1.807, 2.05) is 43.3 Å². The van der Waals surface area contributed by atoms with Gasteiger partial charge < -0.3 is 19.7 Å². The summed E-state index contributed by atoms with van der Waals surface area (Å²) < 4.78 is 10.7.